The van der Waals surface area contributed by atoms with Crippen LogP contribution in [0.1, 0.15) is 26.2 Å². The van der Waals surface area contributed by atoms with Gasteiger partial charge in [0.05, 0.1) is 0 Å². The largest absolute Gasteiger partial charge is 0.254 e. The molecule has 0 radical (unpaired) electrons. The highest BCUT2D eigenvalue weighted by Gasteiger charge is 1.91. The van der Waals surface area contributed by atoms with Crippen LogP contribution in [0.3, 0.4) is 0 Å². The molecule has 0 aliphatic rings. The molecule has 0 aliphatic carbocycles. The lowest BCUT2D eigenvalue weighted by Crippen LogP contribution is -2.09. The van der Waals surface area contributed by atoms with Gasteiger partial charge in [0.1, 0.15) is 0 Å². The molecule has 0 rings (SSSR count). The van der Waals surface area contributed by atoms with Gasteiger partial charge in [-0.3, -0.25) is 4.31 Å². The first kappa shape index (κ1) is 9.31. The highest BCUT2D eigenvalue weighted by molar-refractivity contribution is 7.96. The van der Waals surface area contributed by atoms with E-state index in [4.69, 9.17) is 0 Å². The van der Waals surface area contributed by atoms with Crippen LogP contribution in [0.25, 0.3) is 0 Å². The highest BCUT2D eigenvalue weighted by atomic mass is 32.2. The molecule has 0 saturated carbocycles. The Kier molecular flexibility index (Phi) is 6.65. The van der Waals surface area contributed by atoms with E-state index in [9.17, 15) is 0 Å². The van der Waals surface area contributed by atoms with Crippen LogP contribution in [0.15, 0.2) is 0 Å². The maximum Gasteiger partial charge on any atom is 0.00861 e. The third-order valence-corrected chi connectivity index (χ3v) is 2.19. The minimum atomic E-state index is 1.23. The molecule has 0 saturated heterocycles. The molecular formula is C7H17NS. The van der Waals surface area contributed by atoms with Gasteiger partial charge in [-0.2, -0.15) is 0 Å². The van der Waals surface area contributed by atoms with Crippen molar-refractivity contribution in [1.29, 1.82) is 0 Å². The second-order valence-electron chi connectivity index (χ2n) is 2.24. The van der Waals surface area contributed by atoms with Gasteiger partial charge < -0.3 is 0 Å². The van der Waals surface area contributed by atoms with E-state index in [0.29, 0.717) is 0 Å². The van der Waals surface area contributed by atoms with Crippen molar-refractivity contribution in [3.05, 3.63) is 0 Å². The summed E-state index contributed by atoms with van der Waals surface area (Å²) in [6, 6.07) is 0. The molecule has 0 fully saturated rings. The second-order valence-corrected chi connectivity index (χ2v) is 3.23. The summed E-state index contributed by atoms with van der Waals surface area (Å²) in [6.45, 7) is 3.47. The van der Waals surface area contributed by atoms with Gasteiger partial charge >= 0.3 is 0 Å². The molecule has 0 aromatic carbocycles. The number of unbranched alkanes of at least 4 members (excludes halogenated alkanes) is 2. The van der Waals surface area contributed by atoms with Gasteiger partial charge in [-0.05, 0) is 19.7 Å². The lowest BCUT2D eigenvalue weighted by Gasteiger charge is -2.10. The van der Waals surface area contributed by atoms with Crippen LogP contribution in [-0.2, 0) is 0 Å². The van der Waals surface area contributed by atoms with Crippen LogP contribution in [0, 0.1) is 0 Å². The van der Waals surface area contributed by atoms with Crippen molar-refractivity contribution in [2.45, 2.75) is 26.2 Å². The number of rotatable bonds is 5. The van der Waals surface area contributed by atoms with Gasteiger partial charge in [0.2, 0.25) is 0 Å². The summed E-state index contributed by atoms with van der Waals surface area (Å²) >= 11 is 1.81. The van der Waals surface area contributed by atoms with E-state index in [2.05, 4.69) is 24.5 Å². The Bertz CT molecular complexity index is 56.9. The van der Waals surface area contributed by atoms with Gasteiger partial charge in [0.15, 0.2) is 0 Å². The maximum absolute atomic E-state index is 2.27. The molecule has 0 spiro atoms. The average molecular weight is 147 g/mol. The van der Waals surface area contributed by atoms with E-state index in [0.717, 1.165) is 0 Å². The van der Waals surface area contributed by atoms with Crippen molar-refractivity contribution in [3.8, 4) is 0 Å². The first-order valence-corrected chi connectivity index (χ1v) is 4.74. The van der Waals surface area contributed by atoms with Crippen LogP contribution in [0.5, 0.6) is 0 Å². The molecule has 9 heavy (non-hydrogen) atoms. The van der Waals surface area contributed by atoms with E-state index in [1.54, 1.807) is 0 Å². The Labute approximate surface area is 62.9 Å². The molecule has 0 heterocycles. The van der Waals surface area contributed by atoms with Crippen LogP contribution in [-0.4, -0.2) is 24.2 Å². The third kappa shape index (κ3) is 6.19. The van der Waals surface area contributed by atoms with Gasteiger partial charge in [-0.15, -0.1) is 0 Å². The lowest BCUT2D eigenvalue weighted by molar-refractivity contribution is 0.526. The van der Waals surface area contributed by atoms with Gasteiger partial charge in [0.25, 0.3) is 0 Å². The zero-order chi connectivity index (χ0) is 7.11. The van der Waals surface area contributed by atoms with Gasteiger partial charge in [-0.25, -0.2) is 0 Å². The molecule has 2 heteroatoms. The summed E-state index contributed by atoms with van der Waals surface area (Å²) in [7, 11) is 2.14. The molecular weight excluding hydrogens is 130 g/mol. The summed E-state index contributed by atoms with van der Waals surface area (Å²) in [5.41, 5.74) is 0. The number of nitrogens with zero attached hydrogens (tertiary/aromatic N) is 1. The fourth-order valence-electron chi connectivity index (χ4n) is 0.676. The minimum Gasteiger partial charge on any atom is -0.254 e. The highest BCUT2D eigenvalue weighted by Crippen LogP contribution is 2.03. The quantitative estimate of drug-likeness (QED) is 0.434. The monoisotopic (exact) mass is 147 g/mol. The SMILES string of the molecule is CCCCCN(C)SC. The average Bonchev–Trinajstić information content (AvgIpc) is 1.89. The van der Waals surface area contributed by atoms with Crippen molar-refractivity contribution < 1.29 is 0 Å². The van der Waals surface area contributed by atoms with E-state index < -0.39 is 0 Å². The zero-order valence-corrected chi connectivity index (χ0v) is 7.50. The number of hydrogen-bond acceptors (Lipinski definition) is 2. The Hall–Kier alpha value is 0.310. The molecule has 1 nitrogen and oxygen atoms in total. The van der Waals surface area contributed by atoms with Crippen LogP contribution in [0.2, 0.25) is 0 Å². The minimum absolute atomic E-state index is 1.23. The standard InChI is InChI=1S/C7H17NS/c1-4-5-6-7-8(2)9-3/h4-7H2,1-3H3. The summed E-state index contributed by atoms with van der Waals surface area (Å²) < 4.78 is 2.27. The van der Waals surface area contributed by atoms with Gasteiger partial charge in [-0.1, -0.05) is 31.7 Å². The van der Waals surface area contributed by atoms with E-state index in [1.165, 1.54) is 25.8 Å². The van der Waals surface area contributed by atoms with E-state index in [1.807, 2.05) is 11.9 Å². The van der Waals surface area contributed by atoms with Crippen LogP contribution < -0.4 is 0 Å². The molecule has 0 aliphatic heterocycles. The normalized spacial score (nSPS) is 10.7. The smallest absolute Gasteiger partial charge is 0.00861 e. The lowest BCUT2D eigenvalue weighted by atomic mass is 10.2. The Balaban J connectivity index is 2.88. The molecule has 0 atom stereocenters. The first-order valence-electron chi connectivity index (χ1n) is 3.56. The van der Waals surface area contributed by atoms with E-state index >= 15 is 0 Å². The van der Waals surface area contributed by atoms with Crippen molar-refractivity contribution in [1.82, 2.24) is 4.31 Å². The summed E-state index contributed by atoms with van der Waals surface area (Å²) in [6.07, 6.45) is 6.15. The Morgan fingerprint density at radius 2 is 2.00 bits per heavy atom. The fraction of sp³-hybridized carbons (Fsp3) is 1.00. The van der Waals surface area contributed by atoms with Crippen molar-refractivity contribution in [3.63, 3.8) is 0 Å². The van der Waals surface area contributed by atoms with Crippen molar-refractivity contribution in [2.24, 2.45) is 0 Å². The van der Waals surface area contributed by atoms with Crippen LogP contribution in [0.4, 0.5) is 0 Å². The zero-order valence-electron chi connectivity index (χ0n) is 6.68. The molecule has 0 unspecified atom stereocenters. The molecule has 0 aromatic rings. The second kappa shape index (κ2) is 6.43. The molecule has 0 amide bonds. The molecule has 56 valence electrons. The summed E-state index contributed by atoms with van der Waals surface area (Å²) in [5.74, 6) is 0. The van der Waals surface area contributed by atoms with Gasteiger partial charge in [0, 0.05) is 6.54 Å². The summed E-state index contributed by atoms with van der Waals surface area (Å²) in [4.78, 5) is 0. The predicted octanol–water partition coefficient (Wildman–Crippen LogP) is 2.39. The first-order chi connectivity index (χ1) is 4.31. The van der Waals surface area contributed by atoms with Crippen LogP contribution >= 0.6 is 11.9 Å². The number of hydrogen-bond donors (Lipinski definition) is 0. The Morgan fingerprint density at radius 3 is 2.44 bits per heavy atom. The molecule has 0 N–H and O–H groups in total. The maximum atomic E-state index is 2.27. The Morgan fingerprint density at radius 1 is 1.33 bits per heavy atom. The molecule has 0 bridgehead atoms. The fourth-order valence-corrected chi connectivity index (χ4v) is 0.987. The summed E-state index contributed by atoms with van der Waals surface area (Å²) in [5, 5.41) is 0. The van der Waals surface area contributed by atoms with Crippen molar-refractivity contribution in [2.75, 3.05) is 19.8 Å². The molecule has 0 aromatic heterocycles. The van der Waals surface area contributed by atoms with E-state index in [-0.39, 0.29) is 0 Å². The third-order valence-electron chi connectivity index (χ3n) is 1.39. The van der Waals surface area contributed by atoms with Crippen molar-refractivity contribution >= 4 is 11.9 Å². The topological polar surface area (TPSA) is 3.24 Å². The predicted molar refractivity (Wildman–Crippen MR) is 45.7 cm³/mol.